The molecule has 0 saturated carbocycles. The molecule has 2 heterocycles. The average Bonchev–Trinajstić information content (AvgIpc) is 3.48. The van der Waals surface area contributed by atoms with Crippen LogP contribution in [0.3, 0.4) is 0 Å². The maximum absolute atomic E-state index is 4.37. The van der Waals surface area contributed by atoms with Gasteiger partial charge in [-0.05, 0) is 59.7 Å². The van der Waals surface area contributed by atoms with Crippen molar-refractivity contribution in [3.63, 3.8) is 0 Å². The van der Waals surface area contributed by atoms with Crippen molar-refractivity contribution in [3.05, 3.63) is 109 Å². The van der Waals surface area contributed by atoms with E-state index in [0.717, 1.165) is 34.6 Å². The highest BCUT2D eigenvalue weighted by Gasteiger charge is 2.11. The monoisotopic (exact) mass is 534 g/mol. The molecule has 0 atom stereocenters. The highest BCUT2D eigenvalue weighted by molar-refractivity contribution is 5.53. The second-order valence-electron chi connectivity index (χ2n) is 9.61. The summed E-state index contributed by atoms with van der Waals surface area (Å²) in [4.78, 5) is 0. The maximum Gasteiger partial charge on any atom is 0.421 e. The number of hydrogen-bond donors (Lipinski definition) is 2. The number of hydrogen-bond acceptors (Lipinski definition) is 6. The van der Waals surface area contributed by atoms with E-state index in [1.54, 1.807) is 0 Å². The predicted octanol–water partition coefficient (Wildman–Crippen LogP) is 6.07. The summed E-state index contributed by atoms with van der Waals surface area (Å²) in [5.41, 5.74) is 6.13. The van der Waals surface area contributed by atoms with Gasteiger partial charge in [-0.2, -0.15) is 0 Å². The number of imidazole rings is 2. The van der Waals surface area contributed by atoms with Gasteiger partial charge in [-0.15, -0.1) is 0 Å². The third-order valence-corrected chi connectivity index (χ3v) is 6.62. The quantitative estimate of drug-likeness (QED) is 0.168. The van der Waals surface area contributed by atoms with E-state index in [4.69, 9.17) is 0 Å². The molecule has 0 aliphatic carbocycles. The van der Waals surface area contributed by atoms with E-state index in [0.29, 0.717) is 13.1 Å². The SMILES string of the molecule is Cn1cc[n+](C)c1/N=N/c1ccc(NCc2ccccc2CNc2ccc(/N=N/c3n(C)cc[n+]3C)cc2)cc1. The number of anilines is 2. The van der Waals surface area contributed by atoms with Gasteiger partial charge in [0.25, 0.3) is 0 Å². The molecule has 0 radical (unpaired) electrons. The molecule has 3 aromatic carbocycles. The normalized spacial score (nSPS) is 11.5. The van der Waals surface area contributed by atoms with Gasteiger partial charge < -0.3 is 10.6 Å². The number of nitrogens with one attached hydrogen (secondary N) is 2. The Kier molecular flexibility index (Phi) is 8.05. The van der Waals surface area contributed by atoms with E-state index >= 15 is 0 Å². The highest BCUT2D eigenvalue weighted by atomic mass is 15.3. The Morgan fingerprint density at radius 1 is 0.575 bits per heavy atom. The van der Waals surface area contributed by atoms with Crippen LogP contribution in [0.5, 0.6) is 0 Å². The molecule has 2 N–H and O–H groups in total. The second kappa shape index (κ2) is 12.2. The third kappa shape index (κ3) is 6.47. The minimum absolute atomic E-state index is 0.716. The fourth-order valence-electron chi connectivity index (χ4n) is 4.24. The zero-order valence-electron chi connectivity index (χ0n) is 23.2. The first kappa shape index (κ1) is 26.5. The molecule has 40 heavy (non-hydrogen) atoms. The van der Waals surface area contributed by atoms with Crippen LogP contribution in [-0.2, 0) is 41.3 Å². The summed E-state index contributed by atoms with van der Waals surface area (Å²) >= 11 is 0. The zero-order chi connectivity index (χ0) is 27.9. The summed E-state index contributed by atoms with van der Waals surface area (Å²) in [5.74, 6) is 1.57. The van der Waals surface area contributed by atoms with E-state index in [9.17, 15) is 0 Å². The van der Waals surface area contributed by atoms with Gasteiger partial charge >= 0.3 is 11.9 Å². The van der Waals surface area contributed by atoms with Crippen molar-refractivity contribution >= 4 is 34.6 Å². The Morgan fingerprint density at radius 2 is 0.975 bits per heavy atom. The number of rotatable bonds is 10. The molecule has 0 saturated heterocycles. The fourth-order valence-corrected chi connectivity index (χ4v) is 4.24. The summed E-state index contributed by atoms with van der Waals surface area (Å²) in [6.45, 7) is 1.43. The first-order valence-corrected chi connectivity index (χ1v) is 13.1. The molecular formula is C30H34N10+2. The molecule has 0 unspecified atom stereocenters. The Labute approximate surface area is 234 Å². The molecule has 5 rings (SSSR count). The van der Waals surface area contributed by atoms with Crippen LogP contribution < -0.4 is 19.8 Å². The number of azo groups is 2. The van der Waals surface area contributed by atoms with Crippen molar-refractivity contribution < 1.29 is 9.13 Å². The van der Waals surface area contributed by atoms with E-state index in [-0.39, 0.29) is 0 Å². The van der Waals surface area contributed by atoms with Crippen LogP contribution in [0, 0.1) is 0 Å². The standard InChI is InChI=1S/C30H32N10/c1-37-17-18-38(2)29(37)35-33-27-13-9-25(10-14-27)31-21-23-7-5-6-8-24(23)22-32-26-11-15-28(16-12-26)34-36-30-39(3)19-20-40(30)4/h5-20H,21-22H2,1-4H3/p+2. The van der Waals surface area contributed by atoms with Crippen LogP contribution in [0.25, 0.3) is 0 Å². The summed E-state index contributed by atoms with van der Waals surface area (Å²) < 4.78 is 7.72. The molecule has 0 spiro atoms. The second-order valence-corrected chi connectivity index (χ2v) is 9.61. The van der Waals surface area contributed by atoms with Crippen LogP contribution in [0.15, 0.2) is 118 Å². The molecule has 202 valence electrons. The van der Waals surface area contributed by atoms with Crippen molar-refractivity contribution in [1.29, 1.82) is 0 Å². The molecule has 0 amide bonds. The molecule has 0 aliphatic heterocycles. The van der Waals surface area contributed by atoms with Crippen LogP contribution in [-0.4, -0.2) is 9.13 Å². The van der Waals surface area contributed by atoms with Crippen molar-refractivity contribution in [1.82, 2.24) is 9.13 Å². The summed E-state index contributed by atoms with van der Waals surface area (Å²) in [7, 11) is 7.80. The Morgan fingerprint density at radius 3 is 1.32 bits per heavy atom. The van der Waals surface area contributed by atoms with Crippen LogP contribution in [0.2, 0.25) is 0 Å². The number of benzene rings is 3. The van der Waals surface area contributed by atoms with Gasteiger partial charge in [0.1, 0.15) is 11.4 Å². The maximum atomic E-state index is 4.37. The molecule has 2 aromatic heterocycles. The minimum atomic E-state index is 0.716. The lowest BCUT2D eigenvalue weighted by Gasteiger charge is -2.13. The molecule has 10 heteroatoms. The number of aryl methyl sites for hydroxylation is 4. The van der Waals surface area contributed by atoms with Gasteiger partial charge in [0.2, 0.25) is 0 Å². The van der Waals surface area contributed by atoms with E-state index in [1.807, 2.05) is 120 Å². The van der Waals surface area contributed by atoms with Crippen molar-refractivity contribution in [3.8, 4) is 0 Å². The zero-order valence-corrected chi connectivity index (χ0v) is 23.2. The molecule has 0 aliphatic rings. The van der Waals surface area contributed by atoms with Gasteiger partial charge in [0.15, 0.2) is 0 Å². The molecule has 0 fully saturated rings. The lowest BCUT2D eigenvalue weighted by Crippen LogP contribution is -2.25. The van der Waals surface area contributed by atoms with E-state index in [2.05, 4.69) is 55.4 Å². The van der Waals surface area contributed by atoms with E-state index in [1.165, 1.54) is 11.1 Å². The Hall–Kier alpha value is -5.12. The average molecular weight is 535 g/mol. The number of aromatic nitrogens is 4. The first-order valence-electron chi connectivity index (χ1n) is 13.1. The summed E-state index contributed by atoms with van der Waals surface area (Å²) in [5, 5.41) is 24.5. The smallest absolute Gasteiger partial charge is 0.381 e. The lowest BCUT2D eigenvalue weighted by atomic mass is 10.1. The van der Waals surface area contributed by atoms with Crippen molar-refractivity contribution in [2.75, 3.05) is 10.6 Å². The summed E-state index contributed by atoms with van der Waals surface area (Å²) in [6, 6.07) is 24.4. The molecule has 10 nitrogen and oxygen atoms in total. The Balaban J connectivity index is 1.15. The van der Waals surface area contributed by atoms with Gasteiger partial charge in [0.05, 0.1) is 53.0 Å². The van der Waals surface area contributed by atoms with Crippen molar-refractivity contribution in [2.24, 2.45) is 48.6 Å². The first-order chi connectivity index (χ1) is 19.5. The largest absolute Gasteiger partial charge is 0.421 e. The van der Waals surface area contributed by atoms with Gasteiger partial charge in [-0.3, -0.25) is 0 Å². The number of nitrogens with zero attached hydrogens (tertiary/aromatic N) is 8. The predicted molar refractivity (Wildman–Crippen MR) is 156 cm³/mol. The molecule has 5 aromatic rings. The van der Waals surface area contributed by atoms with Gasteiger partial charge in [-0.1, -0.05) is 34.5 Å². The topological polar surface area (TPSA) is 91.1 Å². The van der Waals surface area contributed by atoms with Crippen molar-refractivity contribution in [2.45, 2.75) is 13.1 Å². The van der Waals surface area contributed by atoms with Gasteiger partial charge in [0, 0.05) is 34.7 Å². The molecule has 0 bridgehead atoms. The highest BCUT2D eigenvalue weighted by Crippen LogP contribution is 2.22. The van der Waals surface area contributed by atoms with Gasteiger partial charge in [-0.25, -0.2) is 18.3 Å². The summed E-state index contributed by atoms with van der Waals surface area (Å²) in [6.07, 6.45) is 7.80. The third-order valence-electron chi connectivity index (χ3n) is 6.62. The van der Waals surface area contributed by atoms with Crippen LogP contribution in [0.4, 0.5) is 34.6 Å². The minimum Gasteiger partial charge on any atom is -0.381 e. The van der Waals surface area contributed by atoms with Crippen LogP contribution >= 0.6 is 0 Å². The Bertz CT molecular complexity index is 1460. The molecular weight excluding hydrogens is 500 g/mol. The fraction of sp³-hybridized carbons (Fsp3) is 0.200. The van der Waals surface area contributed by atoms with Crippen LogP contribution in [0.1, 0.15) is 11.1 Å². The lowest BCUT2D eigenvalue weighted by molar-refractivity contribution is -0.657. The van der Waals surface area contributed by atoms with E-state index < -0.39 is 0 Å².